The van der Waals surface area contributed by atoms with Crippen LogP contribution in [-0.2, 0) is 23.7 Å². The second-order valence-corrected chi connectivity index (χ2v) is 12.3. The Morgan fingerprint density at radius 3 is 1.80 bits per heavy atom. The Hall–Kier alpha value is -3.54. The number of aliphatic carboxylic acids is 1. The highest BCUT2D eigenvalue weighted by Gasteiger charge is 2.36. The molecule has 41 heavy (non-hydrogen) atoms. The van der Waals surface area contributed by atoms with Crippen LogP contribution < -0.4 is 15.2 Å². The van der Waals surface area contributed by atoms with Gasteiger partial charge in [-0.25, -0.2) is 14.4 Å². The molecule has 12 heteroatoms. The maximum atomic E-state index is 12.5. The Morgan fingerprint density at radius 2 is 1.34 bits per heavy atom. The summed E-state index contributed by atoms with van der Waals surface area (Å²) in [5, 5.41) is 9.75. The van der Waals surface area contributed by atoms with E-state index in [-0.39, 0.29) is 42.1 Å². The highest BCUT2D eigenvalue weighted by Crippen LogP contribution is 2.37. The van der Waals surface area contributed by atoms with Crippen LogP contribution in [-0.4, -0.2) is 61.5 Å². The van der Waals surface area contributed by atoms with Gasteiger partial charge in [-0.15, -0.1) is 0 Å². The van der Waals surface area contributed by atoms with Crippen LogP contribution in [0.3, 0.4) is 0 Å². The van der Waals surface area contributed by atoms with Gasteiger partial charge in [0.15, 0.2) is 11.5 Å². The van der Waals surface area contributed by atoms with E-state index >= 15 is 0 Å². The molecule has 1 aromatic rings. The molecule has 0 fully saturated rings. The first-order chi connectivity index (χ1) is 18.8. The van der Waals surface area contributed by atoms with Crippen molar-refractivity contribution in [3.8, 4) is 11.5 Å². The number of carboxylic acids is 1. The van der Waals surface area contributed by atoms with Crippen LogP contribution in [0.2, 0.25) is 0 Å². The maximum absolute atomic E-state index is 12.5. The first kappa shape index (κ1) is 35.5. The number of hydrogen-bond acceptors (Lipinski definition) is 11. The van der Waals surface area contributed by atoms with E-state index in [4.69, 9.17) is 34.2 Å². The van der Waals surface area contributed by atoms with Crippen LogP contribution in [0.25, 0.3) is 0 Å². The van der Waals surface area contributed by atoms with E-state index in [9.17, 15) is 24.3 Å². The molecule has 0 radical (unpaired) electrons. The predicted molar refractivity (Wildman–Crippen MR) is 149 cm³/mol. The predicted octanol–water partition coefficient (Wildman–Crippen LogP) is 5.89. The lowest BCUT2D eigenvalue weighted by molar-refractivity contribution is -0.139. The highest BCUT2D eigenvalue weighted by molar-refractivity contribution is 5.75. The number of hydrogen-bond donors (Lipinski definition) is 2. The van der Waals surface area contributed by atoms with E-state index in [0.29, 0.717) is 12.0 Å². The smallest absolute Gasteiger partial charge is 0.480 e. The minimum atomic E-state index is -1.44. The Morgan fingerprint density at radius 1 is 0.829 bits per heavy atom. The van der Waals surface area contributed by atoms with Crippen molar-refractivity contribution < 1.29 is 52.7 Å². The van der Waals surface area contributed by atoms with Crippen molar-refractivity contribution in [3.63, 3.8) is 0 Å². The molecule has 0 saturated carbocycles. The Kier molecular flexibility index (Phi) is 13.4. The lowest BCUT2D eigenvalue weighted by Crippen LogP contribution is -2.42. The molecule has 0 bridgehead atoms. The van der Waals surface area contributed by atoms with Crippen LogP contribution in [0.4, 0.5) is 14.4 Å². The van der Waals surface area contributed by atoms with Gasteiger partial charge in [0.05, 0.1) is 19.8 Å². The third-order valence-corrected chi connectivity index (χ3v) is 5.67. The van der Waals surface area contributed by atoms with E-state index in [1.807, 2.05) is 48.5 Å². The van der Waals surface area contributed by atoms with Crippen molar-refractivity contribution in [1.29, 1.82) is 0 Å². The zero-order chi connectivity index (χ0) is 31.5. The third kappa shape index (κ3) is 13.1. The number of carbonyl (C=O) groups is 4. The van der Waals surface area contributed by atoms with Crippen LogP contribution in [0, 0.1) is 16.7 Å². The zero-order valence-electron chi connectivity index (χ0n) is 25.5. The molecule has 1 aromatic carbocycles. The Bertz CT molecular complexity index is 1040. The molecule has 0 heterocycles. The fraction of sp³-hybridized carbons (Fsp3) is 0.655. The molecule has 0 aromatic heterocycles. The van der Waals surface area contributed by atoms with Crippen LogP contribution in [0.15, 0.2) is 18.2 Å². The quantitative estimate of drug-likeness (QED) is 0.170. The van der Waals surface area contributed by atoms with E-state index in [1.54, 1.807) is 13.8 Å². The molecule has 1 rings (SSSR count). The largest absolute Gasteiger partial charge is 0.513 e. The molecular weight excluding hydrogens is 538 g/mol. The maximum Gasteiger partial charge on any atom is 0.513 e. The molecule has 3 N–H and O–H groups in total. The van der Waals surface area contributed by atoms with Crippen molar-refractivity contribution in [2.45, 2.75) is 86.8 Å². The molecular formula is C29H45NO11. The third-order valence-electron chi connectivity index (χ3n) is 5.67. The van der Waals surface area contributed by atoms with Gasteiger partial charge in [0.2, 0.25) is 0 Å². The van der Waals surface area contributed by atoms with Crippen LogP contribution in [0.1, 0.15) is 80.2 Å². The van der Waals surface area contributed by atoms with E-state index in [2.05, 4.69) is 0 Å². The summed E-state index contributed by atoms with van der Waals surface area (Å²) in [5.41, 5.74) is 5.73. The lowest BCUT2D eigenvalue weighted by Gasteiger charge is -2.31. The highest BCUT2D eigenvalue weighted by atomic mass is 16.7. The molecule has 0 amide bonds. The van der Waals surface area contributed by atoms with Crippen LogP contribution in [0.5, 0.6) is 11.5 Å². The fourth-order valence-corrected chi connectivity index (χ4v) is 3.45. The van der Waals surface area contributed by atoms with Crippen molar-refractivity contribution in [2.75, 3.05) is 19.8 Å². The van der Waals surface area contributed by atoms with Crippen molar-refractivity contribution >= 4 is 24.4 Å². The summed E-state index contributed by atoms with van der Waals surface area (Å²) in [7, 11) is 0. The standard InChI is InChI=1S/C29H45NO11/c1-10-13-36-25(33)39-18(3)17(2)22(23(30)24(31)32)19-11-12-20(40-26(34)37-15-28(4,5)6)21(14-19)41-27(35)38-16-29(7,8)9/h11-12,14,17-18,22-23H,10,13,15-16,30H2,1-9H3,(H,31,32)/t17?,18?,22?,23-/m0/s1. The Labute approximate surface area is 241 Å². The number of ether oxygens (including phenoxy) is 6. The number of benzene rings is 1. The molecule has 232 valence electrons. The molecule has 0 aliphatic carbocycles. The van der Waals surface area contributed by atoms with Crippen molar-refractivity contribution in [3.05, 3.63) is 23.8 Å². The lowest BCUT2D eigenvalue weighted by atomic mass is 9.79. The molecule has 0 aliphatic rings. The summed E-state index contributed by atoms with van der Waals surface area (Å²) in [5.74, 6) is -3.26. The minimum absolute atomic E-state index is 0.0435. The van der Waals surface area contributed by atoms with Gasteiger partial charge in [0.25, 0.3) is 0 Å². The number of rotatable bonds is 12. The summed E-state index contributed by atoms with van der Waals surface area (Å²) < 4.78 is 31.3. The molecule has 4 atom stereocenters. The second kappa shape index (κ2) is 15.5. The molecule has 0 spiro atoms. The monoisotopic (exact) mass is 583 g/mol. The van der Waals surface area contributed by atoms with E-state index < -0.39 is 48.4 Å². The van der Waals surface area contributed by atoms with Gasteiger partial charge in [-0.3, -0.25) is 4.79 Å². The number of nitrogens with two attached hydrogens (primary N) is 1. The fourth-order valence-electron chi connectivity index (χ4n) is 3.45. The Balaban J connectivity index is 3.42. The van der Waals surface area contributed by atoms with Crippen molar-refractivity contribution in [2.24, 2.45) is 22.5 Å². The minimum Gasteiger partial charge on any atom is -0.480 e. The summed E-state index contributed by atoms with van der Waals surface area (Å²) in [6.45, 7) is 16.6. The SMILES string of the molecule is CCCOC(=O)OC(C)C(C)C(c1ccc(OC(=O)OCC(C)(C)C)c(OC(=O)OCC(C)(C)C)c1)[C@H](N)C(=O)O. The molecule has 0 saturated heterocycles. The van der Waals surface area contributed by atoms with Crippen molar-refractivity contribution in [1.82, 2.24) is 0 Å². The van der Waals surface area contributed by atoms with Gasteiger partial charge >= 0.3 is 24.4 Å². The van der Waals surface area contributed by atoms with Gasteiger partial charge in [-0.2, -0.15) is 0 Å². The first-order valence-electron chi connectivity index (χ1n) is 13.5. The average Bonchev–Trinajstić information content (AvgIpc) is 2.85. The normalized spacial score (nSPS) is 14.6. The second-order valence-electron chi connectivity index (χ2n) is 12.3. The summed E-state index contributed by atoms with van der Waals surface area (Å²) in [6.07, 6.45) is -3.19. The molecule has 0 aliphatic heterocycles. The van der Waals surface area contributed by atoms with Gasteiger partial charge in [-0.1, -0.05) is 61.5 Å². The molecule has 12 nitrogen and oxygen atoms in total. The van der Waals surface area contributed by atoms with Gasteiger partial charge in [0.1, 0.15) is 12.1 Å². The van der Waals surface area contributed by atoms with E-state index in [1.165, 1.54) is 18.2 Å². The topological polar surface area (TPSA) is 170 Å². The molecule has 3 unspecified atom stereocenters. The summed E-state index contributed by atoms with van der Waals surface area (Å²) in [4.78, 5) is 48.9. The average molecular weight is 584 g/mol. The summed E-state index contributed by atoms with van der Waals surface area (Å²) in [6, 6.07) is 2.70. The van der Waals surface area contributed by atoms with Crippen LogP contribution >= 0.6 is 0 Å². The zero-order valence-corrected chi connectivity index (χ0v) is 25.5. The van der Waals surface area contributed by atoms with E-state index in [0.717, 1.165) is 0 Å². The van der Waals surface area contributed by atoms with Gasteiger partial charge < -0.3 is 39.3 Å². The first-order valence-corrected chi connectivity index (χ1v) is 13.5. The van der Waals surface area contributed by atoms with Gasteiger partial charge in [-0.05, 0) is 41.9 Å². The number of carboxylic acid groups (broad SMARTS) is 1. The number of carbonyl (C=O) groups excluding carboxylic acids is 3. The summed E-state index contributed by atoms with van der Waals surface area (Å²) >= 11 is 0. The van der Waals surface area contributed by atoms with Gasteiger partial charge in [0, 0.05) is 11.8 Å².